The van der Waals surface area contributed by atoms with Gasteiger partial charge in [-0.2, -0.15) is 0 Å². The molecule has 0 aromatic rings. The summed E-state index contributed by atoms with van der Waals surface area (Å²) in [5.74, 6) is 0.909. The standard InChI is InChI=1S/C17H35N/c1-3-4-5-6-7-8-9-12-17(15-18)13-10-11-16(2)14-17/h16H,3-15,18H2,1-2H3. The Morgan fingerprint density at radius 2 is 1.72 bits per heavy atom. The lowest BCUT2D eigenvalue weighted by Crippen LogP contribution is -2.35. The van der Waals surface area contributed by atoms with Crippen molar-refractivity contribution in [2.75, 3.05) is 6.54 Å². The highest BCUT2D eigenvalue weighted by molar-refractivity contribution is 4.86. The minimum absolute atomic E-state index is 0.515. The zero-order valence-electron chi connectivity index (χ0n) is 12.8. The molecule has 1 aliphatic rings. The van der Waals surface area contributed by atoms with Crippen molar-refractivity contribution < 1.29 is 0 Å². The van der Waals surface area contributed by atoms with Gasteiger partial charge in [-0.3, -0.25) is 0 Å². The van der Waals surface area contributed by atoms with Crippen molar-refractivity contribution in [1.29, 1.82) is 0 Å². The lowest BCUT2D eigenvalue weighted by molar-refractivity contribution is 0.137. The zero-order chi connectivity index (χ0) is 13.3. The quantitative estimate of drug-likeness (QED) is 0.556. The monoisotopic (exact) mass is 253 g/mol. The molecular formula is C17H35N. The Kier molecular flexibility index (Phi) is 7.97. The van der Waals surface area contributed by atoms with Gasteiger partial charge in [0.05, 0.1) is 0 Å². The second-order valence-corrected chi connectivity index (χ2v) is 6.78. The molecular weight excluding hydrogens is 218 g/mol. The van der Waals surface area contributed by atoms with Crippen LogP contribution in [-0.4, -0.2) is 6.54 Å². The van der Waals surface area contributed by atoms with Crippen LogP contribution in [0, 0.1) is 11.3 Å². The average Bonchev–Trinajstić information content (AvgIpc) is 2.38. The molecule has 0 saturated heterocycles. The summed E-state index contributed by atoms with van der Waals surface area (Å²) in [4.78, 5) is 0. The number of nitrogens with two attached hydrogens (primary N) is 1. The topological polar surface area (TPSA) is 26.0 Å². The molecule has 0 aliphatic heterocycles. The first-order valence-electron chi connectivity index (χ1n) is 8.42. The van der Waals surface area contributed by atoms with Crippen LogP contribution in [0.2, 0.25) is 0 Å². The molecule has 1 rings (SSSR count). The molecule has 0 aromatic carbocycles. The summed E-state index contributed by atoms with van der Waals surface area (Å²) in [5.41, 5.74) is 6.60. The van der Waals surface area contributed by atoms with Gasteiger partial charge in [0.25, 0.3) is 0 Å². The van der Waals surface area contributed by atoms with Gasteiger partial charge in [-0.25, -0.2) is 0 Å². The fraction of sp³-hybridized carbons (Fsp3) is 1.00. The van der Waals surface area contributed by atoms with Gasteiger partial charge in [0.1, 0.15) is 0 Å². The maximum Gasteiger partial charge on any atom is -0.00204 e. The van der Waals surface area contributed by atoms with Crippen LogP contribution in [0.4, 0.5) is 0 Å². The molecule has 2 N–H and O–H groups in total. The smallest absolute Gasteiger partial charge is 0.00204 e. The maximum atomic E-state index is 6.08. The van der Waals surface area contributed by atoms with E-state index in [1.54, 1.807) is 0 Å². The summed E-state index contributed by atoms with van der Waals surface area (Å²) >= 11 is 0. The summed E-state index contributed by atoms with van der Waals surface area (Å²) in [6.45, 7) is 5.62. The number of hydrogen-bond acceptors (Lipinski definition) is 1. The third-order valence-electron chi connectivity index (χ3n) is 4.93. The van der Waals surface area contributed by atoms with Gasteiger partial charge in [0.15, 0.2) is 0 Å². The predicted octanol–water partition coefficient (Wildman–Crippen LogP) is 5.28. The normalized spacial score (nSPS) is 28.5. The van der Waals surface area contributed by atoms with Gasteiger partial charge in [-0.15, -0.1) is 0 Å². The average molecular weight is 253 g/mol. The highest BCUT2D eigenvalue weighted by Gasteiger charge is 2.32. The third-order valence-corrected chi connectivity index (χ3v) is 4.93. The van der Waals surface area contributed by atoms with E-state index in [9.17, 15) is 0 Å². The number of unbranched alkanes of at least 4 members (excludes halogenated alkanes) is 6. The molecule has 1 nitrogen and oxygen atoms in total. The highest BCUT2D eigenvalue weighted by atomic mass is 14.6. The van der Waals surface area contributed by atoms with Gasteiger partial charge in [0.2, 0.25) is 0 Å². The van der Waals surface area contributed by atoms with Crippen LogP contribution in [0.25, 0.3) is 0 Å². The Hall–Kier alpha value is -0.0400. The van der Waals surface area contributed by atoms with Crippen molar-refractivity contribution in [3.05, 3.63) is 0 Å². The summed E-state index contributed by atoms with van der Waals surface area (Å²) in [6.07, 6.45) is 17.0. The Labute approximate surface area is 115 Å². The van der Waals surface area contributed by atoms with E-state index in [0.29, 0.717) is 5.41 Å². The Morgan fingerprint density at radius 3 is 2.33 bits per heavy atom. The minimum atomic E-state index is 0.515. The van der Waals surface area contributed by atoms with Gasteiger partial charge in [-0.05, 0) is 37.1 Å². The minimum Gasteiger partial charge on any atom is -0.330 e. The van der Waals surface area contributed by atoms with Crippen LogP contribution in [0.5, 0.6) is 0 Å². The SMILES string of the molecule is CCCCCCCCCC1(CN)CCCC(C)C1. The predicted molar refractivity (Wildman–Crippen MR) is 81.7 cm³/mol. The summed E-state index contributed by atoms with van der Waals surface area (Å²) < 4.78 is 0. The van der Waals surface area contributed by atoms with E-state index < -0.39 is 0 Å². The molecule has 0 spiro atoms. The summed E-state index contributed by atoms with van der Waals surface area (Å²) in [5, 5.41) is 0. The molecule has 1 heteroatoms. The molecule has 1 fully saturated rings. The van der Waals surface area contributed by atoms with Crippen LogP contribution in [-0.2, 0) is 0 Å². The van der Waals surface area contributed by atoms with E-state index in [0.717, 1.165) is 12.5 Å². The van der Waals surface area contributed by atoms with Crippen LogP contribution in [0.15, 0.2) is 0 Å². The molecule has 0 radical (unpaired) electrons. The van der Waals surface area contributed by atoms with Crippen molar-refractivity contribution in [2.45, 2.75) is 90.9 Å². The molecule has 1 saturated carbocycles. The fourth-order valence-corrected chi connectivity index (χ4v) is 3.74. The number of rotatable bonds is 9. The Bertz CT molecular complexity index is 202. The summed E-state index contributed by atoms with van der Waals surface area (Å²) in [7, 11) is 0. The first kappa shape index (κ1) is 16.0. The molecule has 2 atom stereocenters. The highest BCUT2D eigenvalue weighted by Crippen LogP contribution is 2.42. The van der Waals surface area contributed by atoms with Crippen LogP contribution < -0.4 is 5.73 Å². The molecule has 0 amide bonds. The molecule has 1 aliphatic carbocycles. The molecule has 0 bridgehead atoms. The van der Waals surface area contributed by atoms with Crippen molar-refractivity contribution in [1.82, 2.24) is 0 Å². The van der Waals surface area contributed by atoms with Crippen LogP contribution >= 0.6 is 0 Å². The van der Waals surface area contributed by atoms with Gasteiger partial charge in [-0.1, -0.05) is 71.6 Å². The second-order valence-electron chi connectivity index (χ2n) is 6.78. The second kappa shape index (κ2) is 8.96. The zero-order valence-corrected chi connectivity index (χ0v) is 12.8. The molecule has 108 valence electrons. The largest absolute Gasteiger partial charge is 0.330 e. The van der Waals surface area contributed by atoms with E-state index in [-0.39, 0.29) is 0 Å². The van der Waals surface area contributed by atoms with Crippen LogP contribution in [0.3, 0.4) is 0 Å². The van der Waals surface area contributed by atoms with Crippen molar-refractivity contribution in [2.24, 2.45) is 17.1 Å². The van der Waals surface area contributed by atoms with Gasteiger partial charge in [0, 0.05) is 0 Å². The first-order chi connectivity index (χ1) is 8.72. The van der Waals surface area contributed by atoms with Gasteiger partial charge < -0.3 is 5.73 Å². The van der Waals surface area contributed by atoms with Crippen LogP contribution in [0.1, 0.15) is 90.9 Å². The van der Waals surface area contributed by atoms with E-state index in [2.05, 4.69) is 13.8 Å². The van der Waals surface area contributed by atoms with Gasteiger partial charge >= 0.3 is 0 Å². The molecule has 0 heterocycles. The van der Waals surface area contributed by atoms with Crippen molar-refractivity contribution >= 4 is 0 Å². The van der Waals surface area contributed by atoms with Crippen molar-refractivity contribution in [3.63, 3.8) is 0 Å². The Balaban J connectivity index is 2.11. The van der Waals surface area contributed by atoms with E-state index in [4.69, 9.17) is 5.73 Å². The number of hydrogen-bond donors (Lipinski definition) is 1. The molecule has 18 heavy (non-hydrogen) atoms. The van der Waals surface area contributed by atoms with E-state index in [1.165, 1.54) is 77.0 Å². The van der Waals surface area contributed by atoms with E-state index >= 15 is 0 Å². The molecule has 2 unspecified atom stereocenters. The van der Waals surface area contributed by atoms with Crippen molar-refractivity contribution in [3.8, 4) is 0 Å². The fourth-order valence-electron chi connectivity index (χ4n) is 3.74. The third kappa shape index (κ3) is 5.73. The molecule has 0 aromatic heterocycles. The maximum absolute atomic E-state index is 6.08. The lowest BCUT2D eigenvalue weighted by Gasteiger charge is -2.39. The van der Waals surface area contributed by atoms with E-state index in [1.807, 2.05) is 0 Å². The summed E-state index contributed by atoms with van der Waals surface area (Å²) in [6, 6.07) is 0. The Morgan fingerprint density at radius 1 is 1.06 bits per heavy atom. The first-order valence-corrected chi connectivity index (χ1v) is 8.42. The lowest BCUT2D eigenvalue weighted by atomic mass is 9.67.